The Balaban J connectivity index is 1.89. The van der Waals surface area contributed by atoms with Crippen molar-refractivity contribution in [3.63, 3.8) is 0 Å². The van der Waals surface area contributed by atoms with E-state index in [0.29, 0.717) is 6.04 Å². The van der Waals surface area contributed by atoms with Crippen LogP contribution in [0.4, 0.5) is 0 Å². The monoisotopic (exact) mass is 207 g/mol. The number of aryl methyl sites for hydroxylation is 1. The molecule has 0 amide bonds. The van der Waals surface area contributed by atoms with Crippen LogP contribution in [0.15, 0.2) is 12.4 Å². The maximum absolute atomic E-state index is 4.41. The van der Waals surface area contributed by atoms with E-state index in [4.69, 9.17) is 0 Å². The highest BCUT2D eigenvalue weighted by molar-refractivity contribution is 5.09. The molecule has 1 fully saturated rings. The van der Waals surface area contributed by atoms with Gasteiger partial charge in [-0.25, -0.2) is 0 Å². The van der Waals surface area contributed by atoms with Gasteiger partial charge in [0.2, 0.25) is 0 Å². The molecule has 0 spiro atoms. The lowest BCUT2D eigenvalue weighted by atomic mass is 10.1. The average molecular weight is 207 g/mol. The average Bonchev–Trinajstić information content (AvgIpc) is 2.97. The molecule has 1 aliphatic carbocycles. The number of hydrogen-bond acceptors (Lipinski definition) is 2. The lowest BCUT2D eigenvalue weighted by molar-refractivity contribution is 0.542. The molecular formula is C12H21N3. The zero-order chi connectivity index (χ0) is 10.7. The molecule has 1 atom stereocenters. The third-order valence-corrected chi connectivity index (χ3v) is 3.28. The van der Waals surface area contributed by atoms with Crippen molar-refractivity contribution in [2.45, 2.75) is 45.2 Å². The molecule has 1 heterocycles. The molecule has 15 heavy (non-hydrogen) atoms. The predicted octanol–water partition coefficient (Wildman–Crippen LogP) is 2.35. The Morgan fingerprint density at radius 2 is 2.40 bits per heavy atom. The Bertz CT molecular complexity index is 298. The summed E-state index contributed by atoms with van der Waals surface area (Å²) in [5.41, 5.74) is 1.32. The molecule has 0 aliphatic heterocycles. The van der Waals surface area contributed by atoms with Gasteiger partial charge >= 0.3 is 0 Å². The van der Waals surface area contributed by atoms with Crippen molar-refractivity contribution >= 4 is 0 Å². The normalized spacial score (nSPS) is 18.0. The van der Waals surface area contributed by atoms with Crippen molar-refractivity contribution in [1.29, 1.82) is 0 Å². The van der Waals surface area contributed by atoms with Gasteiger partial charge in [0.1, 0.15) is 0 Å². The number of nitrogens with zero attached hydrogens (tertiary/aromatic N) is 2. The van der Waals surface area contributed by atoms with Crippen molar-refractivity contribution in [2.24, 2.45) is 5.92 Å². The standard InChI is InChI=1S/C12H21N3/c1-3-12(13-2)11-8-14-15(9-11)7-6-10-4-5-10/h8-10,12-13H,3-7H2,1-2H3. The number of aromatic nitrogens is 2. The minimum atomic E-state index is 0.458. The molecule has 0 aromatic carbocycles. The fraction of sp³-hybridized carbons (Fsp3) is 0.750. The smallest absolute Gasteiger partial charge is 0.0537 e. The van der Waals surface area contributed by atoms with E-state index in [1.54, 1.807) is 0 Å². The van der Waals surface area contributed by atoms with Gasteiger partial charge in [-0.3, -0.25) is 4.68 Å². The van der Waals surface area contributed by atoms with Crippen LogP contribution in [0.5, 0.6) is 0 Å². The molecule has 1 aromatic rings. The minimum Gasteiger partial charge on any atom is -0.313 e. The van der Waals surface area contributed by atoms with Crippen LogP contribution in [0.1, 0.15) is 44.2 Å². The molecule has 1 aliphatic rings. The first-order valence-electron chi connectivity index (χ1n) is 6.03. The Labute approximate surface area is 91.9 Å². The van der Waals surface area contributed by atoms with Crippen molar-refractivity contribution in [3.05, 3.63) is 18.0 Å². The lowest BCUT2D eigenvalue weighted by Crippen LogP contribution is -2.14. The maximum Gasteiger partial charge on any atom is 0.0537 e. The van der Waals surface area contributed by atoms with Gasteiger partial charge in [-0.15, -0.1) is 0 Å². The third kappa shape index (κ3) is 2.81. The summed E-state index contributed by atoms with van der Waals surface area (Å²) in [7, 11) is 2.01. The summed E-state index contributed by atoms with van der Waals surface area (Å²) in [6.45, 7) is 3.29. The first kappa shape index (κ1) is 10.7. The van der Waals surface area contributed by atoms with E-state index < -0.39 is 0 Å². The molecule has 1 unspecified atom stereocenters. The van der Waals surface area contributed by atoms with E-state index in [2.05, 4.69) is 28.2 Å². The van der Waals surface area contributed by atoms with Gasteiger partial charge in [0.05, 0.1) is 6.20 Å². The largest absolute Gasteiger partial charge is 0.313 e. The van der Waals surface area contributed by atoms with Crippen LogP contribution in [0.25, 0.3) is 0 Å². The molecule has 3 nitrogen and oxygen atoms in total. The van der Waals surface area contributed by atoms with Crippen LogP contribution < -0.4 is 5.32 Å². The summed E-state index contributed by atoms with van der Waals surface area (Å²) in [5, 5.41) is 7.71. The zero-order valence-electron chi connectivity index (χ0n) is 9.74. The molecule has 1 N–H and O–H groups in total. The summed E-state index contributed by atoms with van der Waals surface area (Å²) in [4.78, 5) is 0. The van der Waals surface area contributed by atoms with Gasteiger partial charge < -0.3 is 5.32 Å². The predicted molar refractivity (Wildman–Crippen MR) is 61.7 cm³/mol. The molecule has 2 rings (SSSR count). The van der Waals surface area contributed by atoms with Gasteiger partial charge in [-0.2, -0.15) is 5.10 Å². The summed E-state index contributed by atoms with van der Waals surface area (Å²) >= 11 is 0. The van der Waals surface area contributed by atoms with Crippen LogP contribution in [0.3, 0.4) is 0 Å². The van der Waals surface area contributed by atoms with Crippen LogP contribution in [-0.2, 0) is 6.54 Å². The van der Waals surface area contributed by atoms with Gasteiger partial charge in [-0.1, -0.05) is 19.8 Å². The molecule has 1 saturated carbocycles. The first-order valence-corrected chi connectivity index (χ1v) is 6.03. The number of nitrogens with one attached hydrogen (secondary N) is 1. The highest BCUT2D eigenvalue weighted by atomic mass is 15.3. The molecule has 0 saturated heterocycles. The van der Waals surface area contributed by atoms with Crippen LogP contribution in [-0.4, -0.2) is 16.8 Å². The molecule has 1 aromatic heterocycles. The SMILES string of the molecule is CCC(NC)c1cnn(CCC2CC2)c1. The Kier molecular flexibility index (Phi) is 3.41. The lowest BCUT2D eigenvalue weighted by Gasteiger charge is -2.10. The first-order chi connectivity index (χ1) is 7.33. The maximum atomic E-state index is 4.41. The van der Waals surface area contributed by atoms with Gasteiger partial charge in [0, 0.05) is 24.3 Å². The van der Waals surface area contributed by atoms with Crippen LogP contribution in [0, 0.1) is 5.92 Å². The topological polar surface area (TPSA) is 29.9 Å². The molecule has 84 valence electrons. The summed E-state index contributed by atoms with van der Waals surface area (Å²) in [5.74, 6) is 0.990. The van der Waals surface area contributed by atoms with E-state index in [1.165, 1.54) is 24.8 Å². The van der Waals surface area contributed by atoms with E-state index in [9.17, 15) is 0 Å². The molecule has 3 heteroatoms. The highest BCUT2D eigenvalue weighted by Crippen LogP contribution is 2.32. The fourth-order valence-corrected chi connectivity index (χ4v) is 2.01. The van der Waals surface area contributed by atoms with Crippen LogP contribution >= 0.6 is 0 Å². The summed E-state index contributed by atoms with van der Waals surface area (Å²) in [6.07, 6.45) is 9.47. The Hall–Kier alpha value is -0.830. The van der Waals surface area contributed by atoms with Crippen molar-refractivity contribution in [3.8, 4) is 0 Å². The summed E-state index contributed by atoms with van der Waals surface area (Å²) < 4.78 is 2.09. The minimum absolute atomic E-state index is 0.458. The van der Waals surface area contributed by atoms with Crippen molar-refractivity contribution < 1.29 is 0 Å². The summed E-state index contributed by atoms with van der Waals surface area (Å²) in [6, 6.07) is 0.458. The molecular weight excluding hydrogens is 186 g/mol. The number of rotatable bonds is 6. The highest BCUT2D eigenvalue weighted by Gasteiger charge is 2.20. The van der Waals surface area contributed by atoms with Gasteiger partial charge in [0.15, 0.2) is 0 Å². The van der Waals surface area contributed by atoms with Gasteiger partial charge in [-0.05, 0) is 25.8 Å². The second-order valence-electron chi connectivity index (χ2n) is 4.52. The Morgan fingerprint density at radius 1 is 1.60 bits per heavy atom. The fourth-order valence-electron chi connectivity index (χ4n) is 2.01. The third-order valence-electron chi connectivity index (χ3n) is 3.28. The molecule has 0 radical (unpaired) electrons. The number of hydrogen-bond donors (Lipinski definition) is 1. The second-order valence-corrected chi connectivity index (χ2v) is 4.52. The van der Waals surface area contributed by atoms with Crippen molar-refractivity contribution in [1.82, 2.24) is 15.1 Å². The van der Waals surface area contributed by atoms with Crippen LogP contribution in [0.2, 0.25) is 0 Å². The zero-order valence-corrected chi connectivity index (χ0v) is 9.74. The van der Waals surface area contributed by atoms with E-state index in [1.807, 2.05) is 13.2 Å². The van der Waals surface area contributed by atoms with E-state index in [0.717, 1.165) is 18.9 Å². The van der Waals surface area contributed by atoms with E-state index >= 15 is 0 Å². The van der Waals surface area contributed by atoms with E-state index in [-0.39, 0.29) is 0 Å². The van der Waals surface area contributed by atoms with Gasteiger partial charge in [0.25, 0.3) is 0 Å². The molecule has 0 bridgehead atoms. The van der Waals surface area contributed by atoms with Crippen molar-refractivity contribution in [2.75, 3.05) is 7.05 Å². The Morgan fingerprint density at radius 3 is 3.00 bits per heavy atom. The second kappa shape index (κ2) is 4.79. The quantitative estimate of drug-likeness (QED) is 0.776.